The zero-order valence-corrected chi connectivity index (χ0v) is 14.1. The highest BCUT2D eigenvalue weighted by Crippen LogP contribution is 2.15. The van der Waals surface area contributed by atoms with Gasteiger partial charge in [0.25, 0.3) is 0 Å². The average Bonchev–Trinajstić information content (AvgIpc) is 2.42. The molecule has 0 radical (unpaired) electrons. The van der Waals surface area contributed by atoms with Crippen LogP contribution in [0.2, 0.25) is 0 Å². The van der Waals surface area contributed by atoms with E-state index in [1.165, 1.54) is 0 Å². The first-order chi connectivity index (χ1) is 10.8. The first-order valence-electron chi connectivity index (χ1n) is 7.60. The topological polar surface area (TPSA) is 58.6 Å². The standard InChI is InChI=1S/C15H22F2N2O3S/c1-11-9-19(10-12(2)22-11)7-3-6-18-23(20,21)15-5-4-13(16)8-14(15)17/h4-5,8,11-12,18H,3,6-7,9-10H2,1-2H3. The molecular formula is C15H22F2N2O3S. The molecule has 0 spiro atoms. The maximum atomic E-state index is 13.6. The molecule has 2 rings (SSSR count). The fraction of sp³-hybridized carbons (Fsp3) is 0.600. The van der Waals surface area contributed by atoms with Crippen LogP contribution in [0.1, 0.15) is 20.3 Å². The Hall–Kier alpha value is -1.09. The molecule has 0 aliphatic carbocycles. The molecule has 0 amide bonds. The fourth-order valence-corrected chi connectivity index (χ4v) is 3.88. The number of morpholine rings is 1. The molecule has 2 unspecified atom stereocenters. The van der Waals surface area contributed by atoms with Crippen LogP contribution in [0.3, 0.4) is 0 Å². The van der Waals surface area contributed by atoms with Crippen LogP contribution >= 0.6 is 0 Å². The third kappa shape index (κ3) is 5.20. The van der Waals surface area contributed by atoms with Gasteiger partial charge in [-0.1, -0.05) is 0 Å². The zero-order valence-electron chi connectivity index (χ0n) is 13.3. The van der Waals surface area contributed by atoms with Crippen molar-refractivity contribution in [3.8, 4) is 0 Å². The summed E-state index contributed by atoms with van der Waals surface area (Å²) in [6.07, 6.45) is 0.911. The fourth-order valence-electron chi connectivity index (χ4n) is 2.75. The van der Waals surface area contributed by atoms with Gasteiger partial charge < -0.3 is 4.74 Å². The van der Waals surface area contributed by atoms with Crippen LogP contribution in [0.25, 0.3) is 0 Å². The van der Waals surface area contributed by atoms with E-state index in [0.717, 1.165) is 31.8 Å². The number of hydrogen-bond donors (Lipinski definition) is 1. The molecule has 5 nitrogen and oxygen atoms in total. The van der Waals surface area contributed by atoms with Crippen LogP contribution in [0.15, 0.2) is 23.1 Å². The maximum Gasteiger partial charge on any atom is 0.243 e. The molecule has 1 aliphatic heterocycles. The molecule has 1 N–H and O–H groups in total. The number of nitrogens with one attached hydrogen (secondary N) is 1. The van der Waals surface area contributed by atoms with Gasteiger partial charge in [0.2, 0.25) is 10.0 Å². The Labute approximate surface area is 135 Å². The van der Waals surface area contributed by atoms with Gasteiger partial charge >= 0.3 is 0 Å². The molecule has 1 aromatic carbocycles. The summed E-state index contributed by atoms with van der Waals surface area (Å²) < 4.78 is 58.4. The van der Waals surface area contributed by atoms with Crippen LogP contribution in [-0.2, 0) is 14.8 Å². The predicted octanol–water partition coefficient (Wildman–Crippen LogP) is 1.74. The van der Waals surface area contributed by atoms with Crippen molar-refractivity contribution in [2.75, 3.05) is 26.2 Å². The van der Waals surface area contributed by atoms with E-state index in [2.05, 4.69) is 9.62 Å². The number of nitrogens with zero attached hydrogens (tertiary/aromatic N) is 1. The molecule has 2 atom stereocenters. The third-order valence-corrected chi connectivity index (χ3v) is 5.12. The molecule has 8 heteroatoms. The van der Waals surface area contributed by atoms with Gasteiger partial charge in [0.1, 0.15) is 16.5 Å². The average molecular weight is 348 g/mol. The Bertz CT molecular complexity index is 630. The van der Waals surface area contributed by atoms with Crippen LogP contribution in [-0.4, -0.2) is 51.7 Å². The minimum absolute atomic E-state index is 0.156. The molecule has 0 aromatic heterocycles. The molecule has 0 bridgehead atoms. The Morgan fingerprint density at radius 1 is 1.26 bits per heavy atom. The van der Waals surface area contributed by atoms with Gasteiger partial charge in [0.15, 0.2) is 0 Å². The lowest BCUT2D eigenvalue weighted by Gasteiger charge is -2.35. The van der Waals surface area contributed by atoms with Gasteiger partial charge in [-0.05, 0) is 38.9 Å². The predicted molar refractivity (Wildman–Crippen MR) is 82.6 cm³/mol. The molecule has 23 heavy (non-hydrogen) atoms. The quantitative estimate of drug-likeness (QED) is 0.796. The normalized spacial score (nSPS) is 23.1. The van der Waals surface area contributed by atoms with Crippen LogP contribution in [0.4, 0.5) is 8.78 Å². The van der Waals surface area contributed by atoms with E-state index >= 15 is 0 Å². The van der Waals surface area contributed by atoms with E-state index in [9.17, 15) is 17.2 Å². The monoisotopic (exact) mass is 348 g/mol. The summed E-state index contributed by atoms with van der Waals surface area (Å²) in [5.74, 6) is -1.90. The van der Waals surface area contributed by atoms with Crippen molar-refractivity contribution in [3.63, 3.8) is 0 Å². The molecule has 1 fully saturated rings. The van der Waals surface area contributed by atoms with E-state index < -0.39 is 26.6 Å². The van der Waals surface area contributed by atoms with Gasteiger partial charge in [0.05, 0.1) is 12.2 Å². The second-order valence-corrected chi connectivity index (χ2v) is 7.58. The van der Waals surface area contributed by atoms with Gasteiger partial charge in [-0.3, -0.25) is 4.90 Å². The van der Waals surface area contributed by atoms with Crippen molar-refractivity contribution < 1.29 is 21.9 Å². The van der Waals surface area contributed by atoms with Gasteiger partial charge in [-0.25, -0.2) is 21.9 Å². The minimum Gasteiger partial charge on any atom is -0.373 e. The van der Waals surface area contributed by atoms with Crippen molar-refractivity contribution in [2.45, 2.75) is 37.4 Å². The lowest BCUT2D eigenvalue weighted by atomic mass is 10.2. The molecule has 1 aliphatic rings. The highest BCUT2D eigenvalue weighted by Gasteiger charge is 2.22. The molecule has 1 aromatic rings. The van der Waals surface area contributed by atoms with E-state index in [0.29, 0.717) is 12.5 Å². The highest BCUT2D eigenvalue weighted by molar-refractivity contribution is 7.89. The van der Waals surface area contributed by atoms with Crippen molar-refractivity contribution in [1.29, 1.82) is 0 Å². The lowest BCUT2D eigenvalue weighted by molar-refractivity contribution is -0.0679. The maximum absolute atomic E-state index is 13.6. The first kappa shape index (κ1) is 18.3. The van der Waals surface area contributed by atoms with E-state index in [4.69, 9.17) is 4.74 Å². The lowest BCUT2D eigenvalue weighted by Crippen LogP contribution is -2.46. The summed E-state index contributed by atoms with van der Waals surface area (Å²) in [6.45, 7) is 6.55. The van der Waals surface area contributed by atoms with Crippen LogP contribution in [0, 0.1) is 11.6 Å². The van der Waals surface area contributed by atoms with Crippen LogP contribution in [0.5, 0.6) is 0 Å². The zero-order chi connectivity index (χ0) is 17.0. The Morgan fingerprint density at radius 2 is 1.91 bits per heavy atom. The molecule has 130 valence electrons. The first-order valence-corrected chi connectivity index (χ1v) is 9.09. The second kappa shape index (κ2) is 7.65. The Morgan fingerprint density at radius 3 is 2.52 bits per heavy atom. The van der Waals surface area contributed by atoms with Crippen molar-refractivity contribution in [2.24, 2.45) is 0 Å². The smallest absolute Gasteiger partial charge is 0.243 e. The van der Waals surface area contributed by atoms with E-state index in [1.807, 2.05) is 13.8 Å². The third-order valence-electron chi connectivity index (χ3n) is 3.62. The van der Waals surface area contributed by atoms with Crippen molar-refractivity contribution >= 4 is 10.0 Å². The van der Waals surface area contributed by atoms with Gasteiger partial charge in [0, 0.05) is 25.7 Å². The van der Waals surface area contributed by atoms with Gasteiger partial charge in [-0.2, -0.15) is 0 Å². The number of halogens is 2. The van der Waals surface area contributed by atoms with E-state index in [-0.39, 0.29) is 18.8 Å². The highest BCUT2D eigenvalue weighted by atomic mass is 32.2. The molecule has 1 heterocycles. The summed E-state index contributed by atoms with van der Waals surface area (Å²) >= 11 is 0. The summed E-state index contributed by atoms with van der Waals surface area (Å²) in [6, 6.07) is 2.41. The minimum atomic E-state index is -3.97. The van der Waals surface area contributed by atoms with E-state index in [1.54, 1.807) is 0 Å². The Kier molecular flexibility index (Phi) is 6.07. The molecular weight excluding hydrogens is 326 g/mol. The van der Waals surface area contributed by atoms with Gasteiger partial charge in [-0.15, -0.1) is 0 Å². The summed E-state index contributed by atoms with van der Waals surface area (Å²) in [5, 5.41) is 0. The SMILES string of the molecule is CC1CN(CCCNS(=O)(=O)c2ccc(F)cc2F)CC(C)O1. The molecule has 1 saturated heterocycles. The number of ether oxygens (including phenoxy) is 1. The largest absolute Gasteiger partial charge is 0.373 e. The summed E-state index contributed by atoms with van der Waals surface area (Å²) in [7, 11) is -3.97. The number of sulfonamides is 1. The Balaban J connectivity index is 1.83. The second-order valence-electron chi connectivity index (χ2n) is 5.84. The van der Waals surface area contributed by atoms with Crippen molar-refractivity contribution in [3.05, 3.63) is 29.8 Å². The molecule has 0 saturated carbocycles. The van der Waals surface area contributed by atoms with Crippen LogP contribution < -0.4 is 4.72 Å². The summed E-state index contributed by atoms with van der Waals surface area (Å²) in [4.78, 5) is 1.68. The summed E-state index contributed by atoms with van der Waals surface area (Å²) in [5.41, 5.74) is 0. The number of benzene rings is 1. The number of rotatable bonds is 6. The number of hydrogen-bond acceptors (Lipinski definition) is 4. The van der Waals surface area contributed by atoms with Crippen molar-refractivity contribution in [1.82, 2.24) is 9.62 Å².